The lowest BCUT2D eigenvalue weighted by Gasteiger charge is -2.06. The summed E-state index contributed by atoms with van der Waals surface area (Å²) in [7, 11) is 1.21. The Morgan fingerprint density at radius 2 is 1.85 bits per heavy atom. The third kappa shape index (κ3) is 2.98. The summed E-state index contributed by atoms with van der Waals surface area (Å²) in [4.78, 5) is 37.7. The van der Waals surface area contributed by atoms with Gasteiger partial charge in [0.05, 0.1) is 28.9 Å². The Labute approximate surface area is 148 Å². The van der Waals surface area contributed by atoms with E-state index in [-0.39, 0.29) is 28.1 Å². The average molecular weight is 350 g/mol. The Morgan fingerprint density at radius 1 is 1.15 bits per heavy atom. The van der Waals surface area contributed by atoms with Crippen molar-refractivity contribution in [1.82, 2.24) is 4.98 Å². The van der Waals surface area contributed by atoms with E-state index in [1.165, 1.54) is 31.4 Å². The first kappa shape index (κ1) is 17.1. The lowest BCUT2D eigenvalue weighted by atomic mass is 10.0. The van der Waals surface area contributed by atoms with Gasteiger partial charge < -0.3 is 9.72 Å². The smallest absolute Gasteiger partial charge is 0.340 e. The Hall–Kier alpha value is -3.74. The number of benzene rings is 2. The van der Waals surface area contributed by atoms with Crippen LogP contribution in [-0.2, 0) is 9.53 Å². The Balaban J connectivity index is 2.28. The quantitative estimate of drug-likeness (QED) is 0.249. The predicted octanol–water partition coefficient (Wildman–Crippen LogP) is 3.60. The van der Waals surface area contributed by atoms with Gasteiger partial charge in [0.25, 0.3) is 5.69 Å². The van der Waals surface area contributed by atoms with Gasteiger partial charge in [0, 0.05) is 22.5 Å². The van der Waals surface area contributed by atoms with Gasteiger partial charge in [0.1, 0.15) is 0 Å². The third-order valence-corrected chi connectivity index (χ3v) is 3.97. The summed E-state index contributed by atoms with van der Waals surface area (Å²) in [5.41, 5.74) is 1.31. The largest absolute Gasteiger partial charge is 0.465 e. The molecule has 0 aliphatic rings. The molecule has 7 heteroatoms. The highest BCUT2D eigenvalue weighted by atomic mass is 16.6. The maximum atomic E-state index is 12.3. The molecule has 3 rings (SSSR count). The van der Waals surface area contributed by atoms with Crippen LogP contribution in [0.3, 0.4) is 0 Å². The summed E-state index contributed by atoms with van der Waals surface area (Å²) in [6.07, 6.45) is 1.99. The molecule has 0 saturated carbocycles. The van der Waals surface area contributed by atoms with Gasteiger partial charge >= 0.3 is 5.97 Å². The van der Waals surface area contributed by atoms with Crippen LogP contribution in [0.25, 0.3) is 22.6 Å². The standard InChI is InChI=1S/C19H14N2O5/c1-26-19(23)14(10-12-6-2-5-9-17(12)21(24)25)18-15(11-22)13-7-3-4-8-16(13)20-18/h2-11,20H,1H3/b14-10-. The number of fused-ring (bicyclic) bond motifs is 1. The first-order chi connectivity index (χ1) is 12.6. The maximum absolute atomic E-state index is 12.3. The number of rotatable bonds is 5. The molecule has 0 atom stereocenters. The van der Waals surface area contributed by atoms with E-state index in [2.05, 4.69) is 4.98 Å². The van der Waals surface area contributed by atoms with Crippen molar-refractivity contribution < 1.29 is 19.2 Å². The van der Waals surface area contributed by atoms with Crippen LogP contribution < -0.4 is 0 Å². The Bertz CT molecular complexity index is 1050. The van der Waals surface area contributed by atoms with Gasteiger partial charge in [-0.1, -0.05) is 30.3 Å². The number of aromatic nitrogens is 1. The third-order valence-electron chi connectivity index (χ3n) is 3.97. The molecule has 0 fully saturated rings. The number of H-pyrrole nitrogens is 1. The van der Waals surface area contributed by atoms with E-state index in [4.69, 9.17) is 4.74 Å². The van der Waals surface area contributed by atoms with Crippen molar-refractivity contribution in [3.8, 4) is 0 Å². The topological polar surface area (TPSA) is 102 Å². The second-order valence-electron chi connectivity index (χ2n) is 5.44. The van der Waals surface area contributed by atoms with Gasteiger partial charge in [0.15, 0.2) is 6.29 Å². The molecular formula is C19H14N2O5. The van der Waals surface area contributed by atoms with E-state index in [1.54, 1.807) is 30.3 Å². The molecule has 3 aromatic rings. The minimum absolute atomic E-state index is 0.0279. The number of carbonyl (C=O) groups is 2. The second kappa shape index (κ2) is 7.02. The van der Waals surface area contributed by atoms with Crippen LogP contribution >= 0.6 is 0 Å². The first-order valence-electron chi connectivity index (χ1n) is 7.66. The molecule has 0 saturated heterocycles. The zero-order valence-electron chi connectivity index (χ0n) is 13.8. The van der Waals surface area contributed by atoms with Gasteiger partial charge in [-0.2, -0.15) is 0 Å². The van der Waals surface area contributed by atoms with Gasteiger partial charge in [-0.15, -0.1) is 0 Å². The summed E-state index contributed by atoms with van der Waals surface area (Å²) < 4.78 is 4.82. The summed E-state index contributed by atoms with van der Waals surface area (Å²) in [5, 5.41) is 11.9. The number of para-hydroxylation sites is 2. The Kier molecular flexibility index (Phi) is 4.62. The van der Waals surface area contributed by atoms with Crippen LogP contribution in [0.2, 0.25) is 0 Å². The lowest BCUT2D eigenvalue weighted by molar-refractivity contribution is -0.385. The number of nitrogens with one attached hydrogen (secondary N) is 1. The van der Waals surface area contributed by atoms with Crippen molar-refractivity contribution in [2.75, 3.05) is 7.11 Å². The fourth-order valence-electron chi connectivity index (χ4n) is 2.77. The highest BCUT2D eigenvalue weighted by Crippen LogP contribution is 2.30. The summed E-state index contributed by atoms with van der Waals surface area (Å²) >= 11 is 0. The van der Waals surface area contributed by atoms with Crippen LogP contribution in [-0.4, -0.2) is 29.3 Å². The highest BCUT2D eigenvalue weighted by Gasteiger charge is 2.22. The van der Waals surface area contributed by atoms with Crippen molar-refractivity contribution in [1.29, 1.82) is 0 Å². The second-order valence-corrected chi connectivity index (χ2v) is 5.44. The predicted molar refractivity (Wildman–Crippen MR) is 96.7 cm³/mol. The average Bonchev–Trinajstić information content (AvgIpc) is 3.03. The number of aldehydes is 1. The first-order valence-corrected chi connectivity index (χ1v) is 7.66. The van der Waals surface area contributed by atoms with Crippen molar-refractivity contribution in [2.24, 2.45) is 0 Å². The van der Waals surface area contributed by atoms with Crippen molar-refractivity contribution in [2.45, 2.75) is 0 Å². The normalized spacial score (nSPS) is 11.3. The monoisotopic (exact) mass is 350 g/mol. The van der Waals surface area contributed by atoms with Gasteiger partial charge in [-0.3, -0.25) is 14.9 Å². The molecule has 0 amide bonds. The molecule has 0 aliphatic carbocycles. The summed E-state index contributed by atoms with van der Waals surface area (Å²) in [6.45, 7) is 0. The highest BCUT2D eigenvalue weighted by molar-refractivity contribution is 6.24. The number of nitrogens with zero attached hydrogens (tertiary/aromatic N) is 1. The van der Waals surface area contributed by atoms with Crippen molar-refractivity contribution >= 4 is 40.5 Å². The number of carbonyl (C=O) groups excluding carboxylic acids is 2. The molecule has 2 aromatic carbocycles. The minimum Gasteiger partial charge on any atom is -0.465 e. The summed E-state index contributed by atoms with van der Waals surface area (Å²) in [5.74, 6) is -0.710. The number of hydrogen-bond donors (Lipinski definition) is 1. The number of hydrogen-bond acceptors (Lipinski definition) is 5. The SMILES string of the molecule is COC(=O)/C(=C\c1ccccc1[N+](=O)[O-])c1[nH]c2ccccc2c1C=O. The molecular weight excluding hydrogens is 336 g/mol. The molecule has 0 bridgehead atoms. The number of ether oxygens (including phenoxy) is 1. The van der Waals surface area contributed by atoms with Gasteiger partial charge in [-0.25, -0.2) is 4.79 Å². The molecule has 0 radical (unpaired) electrons. The molecule has 0 aliphatic heterocycles. The lowest BCUT2D eigenvalue weighted by Crippen LogP contribution is -2.06. The zero-order valence-corrected chi connectivity index (χ0v) is 13.8. The molecule has 0 spiro atoms. The van der Waals surface area contributed by atoms with Crippen LogP contribution in [0, 0.1) is 10.1 Å². The van der Waals surface area contributed by atoms with E-state index < -0.39 is 10.9 Å². The molecule has 1 heterocycles. The van der Waals surface area contributed by atoms with Crippen LogP contribution in [0.15, 0.2) is 48.5 Å². The molecule has 0 unspecified atom stereocenters. The maximum Gasteiger partial charge on any atom is 0.340 e. The van der Waals surface area contributed by atoms with E-state index >= 15 is 0 Å². The van der Waals surface area contributed by atoms with Crippen LogP contribution in [0.1, 0.15) is 21.6 Å². The van der Waals surface area contributed by atoms with Gasteiger partial charge in [-0.05, 0) is 18.2 Å². The van der Waals surface area contributed by atoms with E-state index in [1.807, 2.05) is 0 Å². The number of methoxy groups -OCH3 is 1. The number of esters is 1. The molecule has 1 aromatic heterocycles. The summed E-state index contributed by atoms with van der Waals surface area (Å²) in [6, 6.07) is 13.1. The van der Waals surface area contributed by atoms with Crippen LogP contribution in [0.5, 0.6) is 0 Å². The Morgan fingerprint density at radius 3 is 2.54 bits per heavy atom. The fourth-order valence-corrected chi connectivity index (χ4v) is 2.77. The van der Waals surface area contributed by atoms with Crippen LogP contribution in [0.4, 0.5) is 5.69 Å². The van der Waals surface area contributed by atoms with Gasteiger partial charge in [0.2, 0.25) is 0 Å². The van der Waals surface area contributed by atoms with E-state index in [0.717, 1.165) is 0 Å². The minimum atomic E-state index is -0.710. The van der Waals surface area contributed by atoms with Crippen molar-refractivity contribution in [3.63, 3.8) is 0 Å². The number of nitro benzene ring substituents is 1. The number of nitro groups is 1. The number of aromatic amines is 1. The van der Waals surface area contributed by atoms with E-state index in [0.29, 0.717) is 17.2 Å². The van der Waals surface area contributed by atoms with E-state index in [9.17, 15) is 19.7 Å². The molecule has 130 valence electrons. The molecule has 26 heavy (non-hydrogen) atoms. The molecule has 1 N–H and O–H groups in total. The van der Waals surface area contributed by atoms with Crippen molar-refractivity contribution in [3.05, 3.63) is 75.5 Å². The fraction of sp³-hybridized carbons (Fsp3) is 0.0526. The zero-order chi connectivity index (χ0) is 18.7. The molecule has 7 nitrogen and oxygen atoms in total.